The van der Waals surface area contributed by atoms with E-state index in [4.69, 9.17) is 21.8 Å². The molecule has 1 aromatic carbocycles. The number of Topliss-reactive ketones (excluding diaryl/α,β-unsaturated/α-hetero) is 1. The number of ketones is 1. The Morgan fingerprint density at radius 1 is 1.20 bits per heavy atom. The van der Waals surface area contributed by atoms with Crippen LogP contribution in [0.4, 0.5) is 0 Å². The van der Waals surface area contributed by atoms with Crippen molar-refractivity contribution >= 4 is 28.9 Å². The van der Waals surface area contributed by atoms with E-state index < -0.39 is 11.8 Å². The van der Waals surface area contributed by atoms with Crippen molar-refractivity contribution in [2.45, 2.75) is 0 Å². The van der Waals surface area contributed by atoms with Crippen molar-refractivity contribution in [1.29, 1.82) is 0 Å². The highest BCUT2D eigenvalue weighted by molar-refractivity contribution is 6.51. The Bertz CT molecular complexity index is 420. The Morgan fingerprint density at radius 2 is 1.73 bits per heavy atom. The van der Waals surface area contributed by atoms with Crippen LogP contribution in [0.15, 0.2) is 30.5 Å². The van der Waals surface area contributed by atoms with Crippen LogP contribution >= 0.6 is 11.6 Å². The maximum absolute atomic E-state index is 11.1. The fourth-order valence-electron chi connectivity index (χ4n) is 1.01. The number of rotatable bonds is 3. The van der Waals surface area contributed by atoms with Gasteiger partial charge in [0.05, 0.1) is 11.8 Å². The molecule has 0 aliphatic heterocycles. The van der Waals surface area contributed by atoms with Gasteiger partial charge in [-0.05, 0) is 17.7 Å². The summed E-state index contributed by atoms with van der Waals surface area (Å²) in [4.78, 5) is 21.5. The minimum absolute atomic E-state index is 0.279. The number of aliphatic carboxylic acids is 1. The normalized spacial score (nSPS) is 11.1. The lowest BCUT2D eigenvalue weighted by Gasteiger charge is -2.01. The van der Waals surface area contributed by atoms with Gasteiger partial charge in [-0.25, -0.2) is 4.79 Å². The first kappa shape index (κ1) is 11.3. The fourth-order valence-corrected chi connectivity index (χ4v) is 1.13. The largest absolute Gasteiger partial charge is 0.515 e. The first-order valence-electron chi connectivity index (χ1n) is 3.94. The lowest BCUT2D eigenvalue weighted by molar-refractivity contribution is -0.146. The molecule has 0 saturated heterocycles. The van der Waals surface area contributed by atoms with Crippen LogP contribution in [0.3, 0.4) is 0 Å². The van der Waals surface area contributed by atoms with Crippen molar-refractivity contribution in [3.8, 4) is 0 Å². The molecule has 0 aromatic heterocycles. The van der Waals surface area contributed by atoms with Crippen LogP contribution in [0, 0.1) is 0 Å². The molecule has 0 atom stereocenters. The molecule has 2 N–H and O–H groups in total. The molecule has 0 saturated carbocycles. The van der Waals surface area contributed by atoms with Gasteiger partial charge in [0, 0.05) is 5.02 Å². The van der Waals surface area contributed by atoms with Gasteiger partial charge >= 0.3 is 5.97 Å². The second kappa shape index (κ2) is 4.61. The number of aliphatic hydroxyl groups is 1. The number of carboxylic acids is 1. The molecule has 4 nitrogen and oxygen atoms in total. The summed E-state index contributed by atoms with van der Waals surface area (Å²) in [6.45, 7) is 0. The smallest absolute Gasteiger partial charge is 0.377 e. The summed E-state index contributed by atoms with van der Waals surface area (Å²) in [5.74, 6) is -2.79. The lowest BCUT2D eigenvalue weighted by Crippen LogP contribution is -2.14. The van der Waals surface area contributed by atoms with Crippen molar-refractivity contribution in [2.75, 3.05) is 0 Å². The molecule has 78 valence electrons. The van der Waals surface area contributed by atoms with E-state index >= 15 is 0 Å². The predicted molar refractivity (Wildman–Crippen MR) is 54.7 cm³/mol. The van der Waals surface area contributed by atoms with Crippen LogP contribution in [0.25, 0.3) is 5.57 Å². The molecule has 0 amide bonds. The van der Waals surface area contributed by atoms with E-state index in [1.165, 1.54) is 24.3 Å². The van der Waals surface area contributed by atoms with Gasteiger partial charge in [0.25, 0.3) is 5.78 Å². The van der Waals surface area contributed by atoms with E-state index in [0.717, 1.165) is 0 Å². The van der Waals surface area contributed by atoms with Gasteiger partial charge in [-0.1, -0.05) is 23.7 Å². The summed E-state index contributed by atoms with van der Waals surface area (Å²) < 4.78 is 0. The molecular weight excluding hydrogens is 220 g/mol. The Kier molecular flexibility index (Phi) is 3.46. The maximum Gasteiger partial charge on any atom is 0.377 e. The van der Waals surface area contributed by atoms with Crippen LogP contribution in [0.2, 0.25) is 5.02 Å². The number of hydrogen-bond donors (Lipinski definition) is 2. The lowest BCUT2D eigenvalue weighted by atomic mass is 10.0. The number of carbonyl (C=O) groups excluding carboxylic acids is 1. The number of halogens is 1. The molecule has 1 aromatic rings. The summed E-state index contributed by atoms with van der Waals surface area (Å²) in [5, 5.41) is 17.7. The maximum atomic E-state index is 11.1. The average molecular weight is 227 g/mol. The van der Waals surface area contributed by atoms with Crippen molar-refractivity contribution in [2.24, 2.45) is 0 Å². The van der Waals surface area contributed by atoms with E-state index in [0.29, 0.717) is 16.8 Å². The third kappa shape index (κ3) is 2.57. The first-order chi connectivity index (χ1) is 7.06. The summed E-state index contributed by atoms with van der Waals surface area (Å²) in [5.41, 5.74) is 0.0217. The van der Waals surface area contributed by atoms with Crippen molar-refractivity contribution in [3.05, 3.63) is 41.1 Å². The van der Waals surface area contributed by atoms with E-state index in [1.54, 1.807) is 0 Å². The fraction of sp³-hybridized carbons (Fsp3) is 0. The molecule has 0 radical (unpaired) electrons. The summed E-state index contributed by atoms with van der Waals surface area (Å²) in [7, 11) is 0. The molecule has 0 spiro atoms. The number of benzene rings is 1. The van der Waals surface area contributed by atoms with Crippen molar-refractivity contribution in [3.63, 3.8) is 0 Å². The average Bonchev–Trinajstić information content (AvgIpc) is 2.21. The third-order valence-electron chi connectivity index (χ3n) is 1.72. The van der Waals surface area contributed by atoms with Crippen LogP contribution in [0.1, 0.15) is 5.56 Å². The van der Waals surface area contributed by atoms with Crippen LogP contribution in [-0.2, 0) is 9.59 Å². The second-order valence-corrected chi connectivity index (χ2v) is 3.12. The van der Waals surface area contributed by atoms with Crippen LogP contribution in [-0.4, -0.2) is 22.0 Å². The molecule has 1 rings (SSSR count). The van der Waals surface area contributed by atoms with Gasteiger partial charge < -0.3 is 10.2 Å². The number of carboxylic acid groups (broad SMARTS) is 1. The summed E-state index contributed by atoms with van der Waals surface area (Å²) in [6, 6.07) is 5.89. The highest BCUT2D eigenvalue weighted by Gasteiger charge is 2.19. The SMILES string of the molecule is O=C(O)C(=O)/C(=C\O)c1ccc(Cl)cc1. The van der Waals surface area contributed by atoms with Crippen molar-refractivity contribution < 1.29 is 19.8 Å². The molecule has 0 aliphatic rings. The Balaban J connectivity index is 3.10. The highest BCUT2D eigenvalue weighted by Crippen LogP contribution is 2.18. The summed E-state index contributed by atoms with van der Waals surface area (Å²) >= 11 is 5.62. The third-order valence-corrected chi connectivity index (χ3v) is 1.98. The molecule has 0 unspecified atom stereocenters. The standard InChI is InChI=1S/C10H7ClO4/c11-7-3-1-6(2-4-7)8(5-12)9(13)10(14)15/h1-5,12H,(H,14,15)/b8-5-. The van der Waals surface area contributed by atoms with Gasteiger partial charge in [-0.2, -0.15) is 0 Å². The van der Waals surface area contributed by atoms with Gasteiger partial charge in [-0.3, -0.25) is 4.79 Å². The van der Waals surface area contributed by atoms with Crippen LogP contribution < -0.4 is 0 Å². The van der Waals surface area contributed by atoms with Gasteiger partial charge in [0.15, 0.2) is 0 Å². The second-order valence-electron chi connectivity index (χ2n) is 2.68. The number of aliphatic hydroxyl groups excluding tert-OH is 1. The van der Waals surface area contributed by atoms with Crippen molar-refractivity contribution in [1.82, 2.24) is 0 Å². The van der Waals surface area contributed by atoms with Gasteiger partial charge in [0.1, 0.15) is 0 Å². The van der Waals surface area contributed by atoms with E-state index in [2.05, 4.69) is 0 Å². The molecule has 0 fully saturated rings. The van der Waals surface area contributed by atoms with Crippen LogP contribution in [0.5, 0.6) is 0 Å². The summed E-state index contributed by atoms with van der Waals surface area (Å²) in [6.07, 6.45) is 0.472. The molecule has 0 bridgehead atoms. The minimum Gasteiger partial charge on any atom is -0.515 e. The topological polar surface area (TPSA) is 74.6 Å². The van der Waals surface area contributed by atoms with E-state index in [-0.39, 0.29) is 5.57 Å². The zero-order valence-corrected chi connectivity index (χ0v) is 8.23. The predicted octanol–water partition coefficient (Wildman–Crippen LogP) is 1.89. The molecule has 0 aliphatic carbocycles. The van der Waals surface area contributed by atoms with Gasteiger partial charge in [0.2, 0.25) is 0 Å². The zero-order valence-electron chi connectivity index (χ0n) is 7.48. The van der Waals surface area contributed by atoms with E-state index in [9.17, 15) is 9.59 Å². The first-order valence-corrected chi connectivity index (χ1v) is 4.32. The molecular formula is C10H7ClO4. The minimum atomic E-state index is -1.62. The molecule has 0 heterocycles. The highest BCUT2D eigenvalue weighted by atomic mass is 35.5. The Morgan fingerprint density at radius 3 is 2.13 bits per heavy atom. The quantitative estimate of drug-likeness (QED) is 0.469. The monoisotopic (exact) mass is 226 g/mol. The number of hydrogen-bond acceptors (Lipinski definition) is 3. The van der Waals surface area contributed by atoms with Gasteiger partial charge in [-0.15, -0.1) is 0 Å². The van der Waals surface area contributed by atoms with E-state index in [1.807, 2.05) is 0 Å². The number of carbonyl (C=O) groups is 2. The Labute approximate surface area is 90.4 Å². The Hall–Kier alpha value is -1.81. The zero-order chi connectivity index (χ0) is 11.4. The molecule has 5 heteroatoms. The molecule has 15 heavy (non-hydrogen) atoms.